The topological polar surface area (TPSA) is 50.2 Å². The summed E-state index contributed by atoms with van der Waals surface area (Å²) in [5.74, 6) is 1.39. The van der Waals surface area contributed by atoms with Crippen LogP contribution in [0.5, 0.6) is 0 Å². The largest absolute Gasteiger partial charge is 0.391 e. The summed E-state index contributed by atoms with van der Waals surface area (Å²) < 4.78 is 39.5. The number of hydrogen-bond donors (Lipinski definition) is 1. The van der Waals surface area contributed by atoms with Gasteiger partial charge in [0.2, 0.25) is 0 Å². The Labute approximate surface area is 196 Å². The van der Waals surface area contributed by atoms with E-state index in [0.717, 1.165) is 11.4 Å². The lowest BCUT2D eigenvalue weighted by molar-refractivity contribution is -0.139. The molecule has 1 unspecified atom stereocenters. The maximum absolute atomic E-state index is 12.7. The average molecular weight is 489 g/mol. The molecule has 0 aliphatic carbocycles. The summed E-state index contributed by atoms with van der Waals surface area (Å²) >= 11 is 7.68. The third-order valence-electron chi connectivity index (χ3n) is 4.77. The molecular formula is C22H28ClF3N4OS. The second kappa shape index (κ2) is 12.2. The predicted molar refractivity (Wildman–Crippen MR) is 125 cm³/mol. The minimum atomic E-state index is -4.22. The predicted octanol–water partition coefficient (Wildman–Crippen LogP) is 5.27. The highest BCUT2D eigenvalue weighted by Crippen LogP contribution is 2.23. The van der Waals surface area contributed by atoms with Crippen molar-refractivity contribution in [3.63, 3.8) is 0 Å². The first-order chi connectivity index (χ1) is 15.1. The van der Waals surface area contributed by atoms with Crippen molar-refractivity contribution in [3.05, 3.63) is 65.6 Å². The molecule has 1 N–H and O–H groups in total. The summed E-state index contributed by atoms with van der Waals surface area (Å²) in [7, 11) is 0. The van der Waals surface area contributed by atoms with Crippen LogP contribution >= 0.6 is 23.4 Å². The van der Waals surface area contributed by atoms with Crippen LogP contribution in [-0.4, -0.2) is 51.0 Å². The van der Waals surface area contributed by atoms with Crippen molar-refractivity contribution >= 4 is 29.3 Å². The van der Waals surface area contributed by atoms with Gasteiger partial charge < -0.3 is 10.2 Å². The fraction of sp³-hybridized carbons (Fsp3) is 0.455. The molecule has 0 radical (unpaired) electrons. The van der Waals surface area contributed by atoms with Gasteiger partial charge in [-0.2, -0.15) is 18.3 Å². The zero-order valence-electron chi connectivity index (χ0n) is 18.0. The Balaban J connectivity index is 2.14. The molecule has 2 rings (SSSR count). The van der Waals surface area contributed by atoms with Gasteiger partial charge in [-0.1, -0.05) is 37.8 Å². The van der Waals surface area contributed by atoms with Gasteiger partial charge in [0.1, 0.15) is 0 Å². The lowest BCUT2D eigenvalue weighted by Gasteiger charge is -2.17. The van der Waals surface area contributed by atoms with Crippen LogP contribution in [0.15, 0.2) is 54.3 Å². The summed E-state index contributed by atoms with van der Waals surface area (Å²) in [6, 6.07) is 1.03. The first-order valence-corrected chi connectivity index (χ1v) is 11.7. The number of amides is 1. The van der Waals surface area contributed by atoms with Crippen molar-refractivity contribution in [1.29, 1.82) is 0 Å². The quantitative estimate of drug-likeness (QED) is 0.431. The van der Waals surface area contributed by atoms with Crippen LogP contribution in [0.2, 0.25) is 0 Å². The van der Waals surface area contributed by atoms with E-state index >= 15 is 0 Å². The Morgan fingerprint density at radius 3 is 2.81 bits per heavy atom. The monoisotopic (exact) mass is 488 g/mol. The van der Waals surface area contributed by atoms with Gasteiger partial charge in [-0.25, -0.2) is 0 Å². The molecule has 1 atom stereocenters. The van der Waals surface area contributed by atoms with Crippen LogP contribution in [0.1, 0.15) is 35.9 Å². The zero-order chi connectivity index (χ0) is 23.7. The van der Waals surface area contributed by atoms with Crippen molar-refractivity contribution in [3.8, 4) is 0 Å². The van der Waals surface area contributed by atoms with E-state index in [1.165, 1.54) is 12.3 Å². The minimum Gasteiger partial charge on any atom is -0.388 e. The van der Waals surface area contributed by atoms with Gasteiger partial charge in [-0.3, -0.25) is 9.48 Å². The number of carbonyl (C=O) groups excluding carboxylic acids is 1. The second-order valence-corrected chi connectivity index (χ2v) is 8.88. The molecule has 1 aliphatic rings. The first kappa shape index (κ1) is 26.1. The highest BCUT2D eigenvalue weighted by Gasteiger charge is 2.30. The number of allylic oxidation sites excluding steroid dienone is 5. The molecule has 0 aromatic carbocycles. The minimum absolute atomic E-state index is 0.140. The summed E-state index contributed by atoms with van der Waals surface area (Å²) in [4.78, 5) is 14.5. The van der Waals surface area contributed by atoms with Gasteiger partial charge in [0, 0.05) is 35.5 Å². The Bertz CT molecular complexity index is 873. The van der Waals surface area contributed by atoms with Gasteiger partial charge in [-0.15, -0.1) is 11.8 Å². The van der Waals surface area contributed by atoms with Crippen molar-refractivity contribution in [1.82, 2.24) is 20.0 Å². The number of rotatable bonds is 11. The van der Waals surface area contributed by atoms with E-state index in [-0.39, 0.29) is 5.91 Å². The molecular weight excluding hydrogens is 461 g/mol. The summed E-state index contributed by atoms with van der Waals surface area (Å²) in [6.07, 6.45) is 2.02. The molecule has 1 aliphatic heterocycles. The molecule has 0 bridgehead atoms. The van der Waals surface area contributed by atoms with Gasteiger partial charge in [-0.05, 0) is 36.4 Å². The molecule has 176 valence electrons. The number of aromatic nitrogens is 2. The summed E-state index contributed by atoms with van der Waals surface area (Å²) in [5, 5.41) is 7.68. The fourth-order valence-corrected chi connectivity index (χ4v) is 4.19. The maximum Gasteiger partial charge on any atom is 0.391 e. The Morgan fingerprint density at radius 1 is 1.47 bits per heavy atom. The fourth-order valence-electron chi connectivity index (χ4n) is 3.09. The van der Waals surface area contributed by atoms with Crippen LogP contribution in [0.4, 0.5) is 13.2 Å². The molecule has 1 aromatic rings. The molecule has 1 fully saturated rings. The van der Waals surface area contributed by atoms with E-state index in [4.69, 9.17) is 11.6 Å². The highest BCUT2D eigenvalue weighted by atomic mass is 35.5. The molecule has 5 nitrogen and oxygen atoms in total. The maximum atomic E-state index is 12.7. The van der Waals surface area contributed by atoms with Crippen molar-refractivity contribution < 1.29 is 18.0 Å². The molecule has 0 saturated carbocycles. The smallest absolute Gasteiger partial charge is 0.388 e. The Hall–Kier alpha value is -2.13. The zero-order valence-corrected chi connectivity index (χ0v) is 19.6. The SMILES string of the molecule is C=C/C(Cl)=C\C(=C)Cc1cc(C(=O)N2CCSC2)nn1C/C=C\NC(CC)CC(F)(F)F. The molecule has 1 aromatic heterocycles. The molecule has 1 saturated heterocycles. The second-order valence-electron chi connectivity index (χ2n) is 7.37. The molecule has 1 amide bonds. The summed E-state index contributed by atoms with van der Waals surface area (Å²) in [5.41, 5.74) is 1.80. The average Bonchev–Trinajstić information content (AvgIpc) is 3.39. The normalized spacial score (nSPS) is 15.9. The Kier molecular flexibility index (Phi) is 9.96. The van der Waals surface area contributed by atoms with E-state index in [2.05, 4.69) is 23.6 Å². The molecule has 10 heteroatoms. The van der Waals surface area contributed by atoms with Crippen LogP contribution in [0.3, 0.4) is 0 Å². The Morgan fingerprint density at radius 2 is 2.22 bits per heavy atom. The number of nitrogens with one attached hydrogen (secondary N) is 1. The lowest BCUT2D eigenvalue weighted by atomic mass is 10.1. The molecule has 32 heavy (non-hydrogen) atoms. The number of carbonyl (C=O) groups is 1. The lowest BCUT2D eigenvalue weighted by Crippen LogP contribution is -2.29. The van der Waals surface area contributed by atoms with Crippen molar-refractivity contribution in [2.45, 2.75) is 44.9 Å². The molecule has 0 spiro atoms. The van der Waals surface area contributed by atoms with Gasteiger partial charge in [0.05, 0.1) is 18.8 Å². The first-order valence-electron chi connectivity index (χ1n) is 10.2. The number of thioether (sulfide) groups is 1. The standard InChI is InChI=1S/C22H28ClF3N4OS/c1-4-17(23)11-16(3)12-19-13-20(21(31)29-9-10-32-15-29)28-30(19)8-6-7-27-18(5-2)14-22(24,25)26/h4,6-7,11,13,18,27H,1,3,5,8-10,12,14-15H2,2H3/b7-6-,17-11+. The van der Waals surface area contributed by atoms with Crippen LogP contribution < -0.4 is 5.32 Å². The van der Waals surface area contributed by atoms with Crippen molar-refractivity contribution in [2.24, 2.45) is 0 Å². The van der Waals surface area contributed by atoms with Crippen LogP contribution in [-0.2, 0) is 13.0 Å². The third kappa shape index (κ3) is 8.43. The molecule has 2 heterocycles. The highest BCUT2D eigenvalue weighted by molar-refractivity contribution is 7.99. The van der Waals surface area contributed by atoms with E-state index < -0.39 is 18.6 Å². The van der Waals surface area contributed by atoms with Crippen molar-refractivity contribution in [2.75, 3.05) is 18.2 Å². The number of nitrogens with zero attached hydrogens (tertiary/aromatic N) is 3. The number of hydrogen-bond acceptors (Lipinski definition) is 4. The van der Waals surface area contributed by atoms with E-state index in [9.17, 15) is 18.0 Å². The van der Waals surface area contributed by atoms with Crippen LogP contribution in [0.25, 0.3) is 0 Å². The van der Waals surface area contributed by atoms with E-state index in [1.54, 1.807) is 46.5 Å². The van der Waals surface area contributed by atoms with Gasteiger partial charge in [0.15, 0.2) is 5.69 Å². The van der Waals surface area contributed by atoms with Crippen LogP contribution in [0, 0.1) is 0 Å². The number of alkyl halides is 3. The van der Waals surface area contributed by atoms with E-state index in [0.29, 0.717) is 48.1 Å². The van der Waals surface area contributed by atoms with E-state index in [1.807, 2.05) is 0 Å². The number of halogens is 4. The van der Waals surface area contributed by atoms with Gasteiger partial charge in [0.25, 0.3) is 5.91 Å². The van der Waals surface area contributed by atoms with Gasteiger partial charge >= 0.3 is 6.18 Å². The third-order valence-corrected chi connectivity index (χ3v) is 6.00. The summed E-state index contributed by atoms with van der Waals surface area (Å²) in [6.45, 7) is 10.3.